The van der Waals surface area contributed by atoms with E-state index in [4.69, 9.17) is 18.9 Å². The molecule has 1 spiro atoms. The summed E-state index contributed by atoms with van der Waals surface area (Å²) in [5.74, 6) is 0.965. The van der Waals surface area contributed by atoms with E-state index in [0.717, 1.165) is 54.2 Å². The van der Waals surface area contributed by atoms with E-state index in [1.807, 2.05) is 74.5 Å². The van der Waals surface area contributed by atoms with Crippen molar-refractivity contribution in [2.75, 3.05) is 49.2 Å². The number of aliphatic hydroxyl groups is 7. The summed E-state index contributed by atoms with van der Waals surface area (Å²) in [6, 6.07) is 19.7. The standard InChI is InChI=1S/C43H54N6O12.C2H6/c1-5-46(6-2)24-13-15-28-30(17-24)58-31-18-25(47(7-3)8-4)14-16-29(31)43(28)27-12-10-9-11-26(27)40(57)48(43)19-23-20-49(45-44-23)41-37(55)36(54)39(33(22-51)59-41)61-42-38(56)35(53)34(52)32(21-50)60-42;1-2/h9-18,20,32-39,41-42,50-56H,5-8,19,21-22H2,1-4H3;1-2H3. The second-order valence-corrected chi connectivity index (χ2v) is 15.7. The number of fused-ring (bicyclic) bond motifs is 6. The van der Waals surface area contributed by atoms with Crippen LogP contribution in [0.25, 0.3) is 0 Å². The molecule has 0 bridgehead atoms. The maximum absolute atomic E-state index is 14.8. The molecule has 1 amide bonds. The van der Waals surface area contributed by atoms with E-state index < -0.39 is 80.1 Å². The van der Waals surface area contributed by atoms with Gasteiger partial charge in [0.1, 0.15) is 71.6 Å². The van der Waals surface area contributed by atoms with Crippen molar-refractivity contribution in [2.24, 2.45) is 0 Å². The number of benzene rings is 3. The number of aromatic nitrogens is 3. The van der Waals surface area contributed by atoms with Gasteiger partial charge in [-0.3, -0.25) is 4.79 Å². The number of carbonyl (C=O) groups is 1. The Bertz CT molecular complexity index is 2140. The summed E-state index contributed by atoms with van der Waals surface area (Å²) in [4.78, 5) is 21.0. The first-order chi connectivity index (χ1) is 30.4. The Morgan fingerprint density at radius 1 is 0.714 bits per heavy atom. The molecular weight excluding hydrogens is 817 g/mol. The lowest BCUT2D eigenvalue weighted by Crippen LogP contribution is -2.63. The normalized spacial score (nSPS) is 28.1. The SMILES string of the molecule is CC.CCN(CC)c1ccc2c(c1)Oc1cc(N(CC)CC)ccc1C21c2ccccc2C(=O)N1Cc1cn(C2OC(CO)C(OC3OC(CO)C(O)C(O)C3O)C(O)C2O)nn1. The van der Waals surface area contributed by atoms with Crippen LogP contribution in [0.15, 0.2) is 66.9 Å². The smallest absolute Gasteiger partial charge is 0.255 e. The Labute approximate surface area is 366 Å². The molecular formula is C45H60N6O12. The Hall–Kier alpha value is -4.73. The van der Waals surface area contributed by atoms with Crippen LogP contribution >= 0.6 is 0 Å². The van der Waals surface area contributed by atoms with Crippen LogP contribution in [0.3, 0.4) is 0 Å². The fourth-order valence-corrected chi connectivity index (χ4v) is 9.28. The Balaban J connectivity index is 0.00000293. The van der Waals surface area contributed by atoms with Gasteiger partial charge in [0.15, 0.2) is 12.5 Å². The van der Waals surface area contributed by atoms with E-state index in [9.17, 15) is 40.5 Å². The molecule has 2 fully saturated rings. The molecule has 10 unspecified atom stereocenters. The third-order valence-corrected chi connectivity index (χ3v) is 12.5. The molecule has 2 saturated heterocycles. The van der Waals surface area contributed by atoms with Crippen molar-refractivity contribution < 1.29 is 59.5 Å². The third kappa shape index (κ3) is 7.85. The molecule has 0 aliphatic carbocycles. The number of rotatable bonds is 13. The highest BCUT2D eigenvalue weighted by Gasteiger charge is 2.57. The minimum atomic E-state index is -1.80. The first-order valence-corrected chi connectivity index (χ1v) is 21.8. The average molecular weight is 877 g/mol. The second-order valence-electron chi connectivity index (χ2n) is 15.7. The predicted molar refractivity (Wildman–Crippen MR) is 229 cm³/mol. The zero-order valence-electron chi connectivity index (χ0n) is 36.4. The molecule has 0 saturated carbocycles. The van der Waals surface area contributed by atoms with Gasteiger partial charge in [0.2, 0.25) is 0 Å². The number of amides is 1. The predicted octanol–water partition coefficient (Wildman–Crippen LogP) is 1.85. The molecule has 7 N–H and O–H groups in total. The average Bonchev–Trinajstić information content (AvgIpc) is 3.87. The van der Waals surface area contributed by atoms with Crippen molar-refractivity contribution in [3.8, 4) is 11.5 Å². The zero-order chi connectivity index (χ0) is 45.3. The highest BCUT2D eigenvalue weighted by atomic mass is 16.7. The molecule has 4 aromatic rings. The number of hydrogen-bond acceptors (Lipinski definition) is 16. The van der Waals surface area contributed by atoms with Gasteiger partial charge in [0.05, 0.1) is 26.0 Å². The highest BCUT2D eigenvalue weighted by Crippen LogP contribution is 2.58. The minimum Gasteiger partial charge on any atom is -0.456 e. The molecule has 1 aromatic heterocycles. The number of anilines is 2. The van der Waals surface area contributed by atoms with Crippen molar-refractivity contribution in [2.45, 2.75) is 115 Å². The molecule has 8 rings (SSSR count). The largest absolute Gasteiger partial charge is 0.456 e. The van der Waals surface area contributed by atoms with Gasteiger partial charge in [0, 0.05) is 66.4 Å². The number of aliphatic hydroxyl groups excluding tert-OH is 7. The van der Waals surface area contributed by atoms with Crippen molar-refractivity contribution in [1.82, 2.24) is 19.9 Å². The number of carbonyl (C=O) groups excluding carboxylic acids is 1. The third-order valence-electron chi connectivity index (χ3n) is 12.5. The van der Waals surface area contributed by atoms with Crippen LogP contribution in [0, 0.1) is 0 Å². The van der Waals surface area contributed by atoms with Gasteiger partial charge in [-0.1, -0.05) is 49.4 Å². The molecule has 63 heavy (non-hydrogen) atoms. The van der Waals surface area contributed by atoms with Crippen LogP contribution in [0.5, 0.6) is 11.5 Å². The summed E-state index contributed by atoms with van der Waals surface area (Å²) in [6.07, 6.45) is -14.4. The van der Waals surface area contributed by atoms with Crippen LogP contribution in [0.4, 0.5) is 11.4 Å². The van der Waals surface area contributed by atoms with E-state index in [-0.39, 0.29) is 12.5 Å². The molecule has 0 radical (unpaired) electrons. The monoisotopic (exact) mass is 876 g/mol. The van der Waals surface area contributed by atoms with Crippen molar-refractivity contribution >= 4 is 17.3 Å². The summed E-state index contributed by atoms with van der Waals surface area (Å²) in [5.41, 5.74) is 3.92. The van der Waals surface area contributed by atoms with E-state index >= 15 is 0 Å². The van der Waals surface area contributed by atoms with Crippen molar-refractivity contribution in [1.29, 1.82) is 0 Å². The lowest BCUT2D eigenvalue weighted by molar-refractivity contribution is -0.347. The molecule has 342 valence electrons. The van der Waals surface area contributed by atoms with E-state index in [2.05, 4.69) is 47.8 Å². The highest BCUT2D eigenvalue weighted by molar-refractivity contribution is 6.02. The van der Waals surface area contributed by atoms with Gasteiger partial charge in [-0.25, -0.2) is 4.68 Å². The molecule has 4 aliphatic heterocycles. The van der Waals surface area contributed by atoms with Gasteiger partial charge in [0.25, 0.3) is 5.91 Å². The maximum Gasteiger partial charge on any atom is 0.255 e. The zero-order valence-corrected chi connectivity index (χ0v) is 36.4. The molecule has 10 atom stereocenters. The fraction of sp³-hybridized carbons (Fsp3) is 0.533. The summed E-state index contributed by atoms with van der Waals surface area (Å²) in [6.45, 7) is 14.0. The van der Waals surface area contributed by atoms with Crippen LogP contribution in [-0.2, 0) is 26.3 Å². The number of hydrogen-bond donors (Lipinski definition) is 7. The summed E-state index contributed by atoms with van der Waals surface area (Å²) < 4.78 is 25.2. The molecule has 18 nitrogen and oxygen atoms in total. The van der Waals surface area contributed by atoms with Crippen LogP contribution in [-0.4, -0.2) is 156 Å². The van der Waals surface area contributed by atoms with Gasteiger partial charge < -0.3 is 69.4 Å². The van der Waals surface area contributed by atoms with E-state index in [1.165, 1.54) is 10.9 Å². The lowest BCUT2D eigenvalue weighted by Gasteiger charge is -2.46. The maximum atomic E-state index is 14.8. The first kappa shape index (κ1) is 46.3. The van der Waals surface area contributed by atoms with Crippen LogP contribution < -0.4 is 14.5 Å². The van der Waals surface area contributed by atoms with Gasteiger partial charge in [-0.2, -0.15) is 0 Å². The number of nitrogens with zero attached hydrogens (tertiary/aromatic N) is 6. The Kier molecular flexibility index (Phi) is 14.1. The summed E-state index contributed by atoms with van der Waals surface area (Å²) in [5, 5.41) is 82.3. The van der Waals surface area contributed by atoms with Gasteiger partial charge in [-0.05, 0) is 51.5 Å². The van der Waals surface area contributed by atoms with Crippen LogP contribution in [0.1, 0.15) is 80.5 Å². The first-order valence-electron chi connectivity index (χ1n) is 21.8. The Morgan fingerprint density at radius 3 is 1.87 bits per heavy atom. The summed E-state index contributed by atoms with van der Waals surface area (Å²) in [7, 11) is 0. The van der Waals surface area contributed by atoms with Gasteiger partial charge in [-0.15, -0.1) is 5.10 Å². The minimum absolute atomic E-state index is 0.0559. The van der Waals surface area contributed by atoms with E-state index in [0.29, 0.717) is 22.8 Å². The molecule has 5 heterocycles. The second kappa shape index (κ2) is 19.2. The lowest BCUT2D eigenvalue weighted by atomic mass is 9.74. The quantitative estimate of drug-likeness (QED) is 0.102. The molecule has 3 aromatic carbocycles. The van der Waals surface area contributed by atoms with Gasteiger partial charge >= 0.3 is 0 Å². The summed E-state index contributed by atoms with van der Waals surface area (Å²) >= 11 is 0. The molecule has 18 heteroatoms. The van der Waals surface area contributed by atoms with Crippen molar-refractivity contribution in [3.63, 3.8) is 0 Å². The fourth-order valence-electron chi connectivity index (χ4n) is 9.28. The Morgan fingerprint density at radius 2 is 1.30 bits per heavy atom. The molecule has 4 aliphatic rings. The topological polar surface area (TPSA) is 236 Å². The van der Waals surface area contributed by atoms with E-state index in [1.54, 1.807) is 4.90 Å². The van der Waals surface area contributed by atoms with Crippen molar-refractivity contribution in [3.05, 3.63) is 94.8 Å². The number of ether oxygens (including phenoxy) is 4. The van der Waals surface area contributed by atoms with Crippen LogP contribution in [0.2, 0.25) is 0 Å².